The Kier molecular flexibility index (Phi) is 8.98. The smallest absolute Gasteiger partial charge is 0.475 e. The van der Waals surface area contributed by atoms with Gasteiger partial charge >= 0.3 is 12.1 Å². The lowest BCUT2D eigenvalue weighted by Gasteiger charge is -2.33. The predicted octanol–water partition coefficient (Wildman–Crippen LogP) is 3.20. The summed E-state index contributed by atoms with van der Waals surface area (Å²) in [7, 11) is 2.11. The second kappa shape index (κ2) is 12.3. The molecule has 1 aliphatic heterocycles. The number of carboxylic acids is 1. The summed E-state index contributed by atoms with van der Waals surface area (Å²) in [5, 5.41) is 22.2. The second-order valence-corrected chi connectivity index (χ2v) is 10.9. The van der Waals surface area contributed by atoms with Crippen LogP contribution in [0.1, 0.15) is 36.8 Å². The van der Waals surface area contributed by atoms with Crippen LogP contribution in [0, 0.1) is 5.82 Å². The topological polar surface area (TPSA) is 134 Å². The number of fused-ring (bicyclic) bond motifs is 1. The largest absolute Gasteiger partial charge is 0.490 e. The molecule has 0 saturated carbocycles. The molecule has 1 fully saturated rings. The maximum Gasteiger partial charge on any atom is 0.490 e. The molecule has 5 rings (SSSR count). The fraction of sp³-hybridized carbons (Fsp3) is 0.407. The minimum atomic E-state index is -5.08. The Morgan fingerprint density at radius 1 is 1.05 bits per heavy atom. The summed E-state index contributed by atoms with van der Waals surface area (Å²) in [4.78, 5) is 30.8. The highest BCUT2D eigenvalue weighted by molar-refractivity contribution is 5.91. The van der Waals surface area contributed by atoms with Gasteiger partial charge in [0.1, 0.15) is 11.6 Å². The molecule has 3 aromatic heterocycles. The molecule has 16 heteroatoms. The van der Waals surface area contributed by atoms with E-state index in [2.05, 4.69) is 37.6 Å². The Hall–Kier alpha value is -4.60. The van der Waals surface area contributed by atoms with Crippen LogP contribution in [-0.4, -0.2) is 90.9 Å². The van der Waals surface area contributed by atoms with Gasteiger partial charge in [-0.2, -0.15) is 18.3 Å². The van der Waals surface area contributed by atoms with Gasteiger partial charge in [0.15, 0.2) is 5.69 Å². The van der Waals surface area contributed by atoms with Gasteiger partial charge in [-0.1, -0.05) is 17.3 Å². The highest BCUT2D eigenvalue weighted by atomic mass is 19.4. The summed E-state index contributed by atoms with van der Waals surface area (Å²) in [6.07, 6.45) is 0.134. The minimum Gasteiger partial charge on any atom is -0.475 e. The number of benzene rings is 1. The van der Waals surface area contributed by atoms with E-state index in [1.54, 1.807) is 27.7 Å². The molecule has 0 atom stereocenters. The number of carbonyl (C=O) groups excluding carboxylic acids is 1. The van der Waals surface area contributed by atoms with Crippen LogP contribution in [0.3, 0.4) is 0 Å². The number of halogens is 4. The van der Waals surface area contributed by atoms with Gasteiger partial charge < -0.3 is 20.2 Å². The zero-order valence-corrected chi connectivity index (χ0v) is 23.9. The van der Waals surface area contributed by atoms with Crippen LogP contribution in [0.4, 0.5) is 23.4 Å². The lowest BCUT2D eigenvalue weighted by atomic mass is 10.1. The van der Waals surface area contributed by atoms with Gasteiger partial charge in [-0.25, -0.2) is 23.4 Å². The first-order valence-electron chi connectivity index (χ1n) is 13.2. The first-order chi connectivity index (χ1) is 20.1. The third kappa shape index (κ3) is 7.63. The van der Waals surface area contributed by atoms with Crippen LogP contribution in [0.2, 0.25) is 0 Å². The molecule has 0 bridgehead atoms. The van der Waals surface area contributed by atoms with E-state index in [1.165, 1.54) is 6.07 Å². The molecule has 1 amide bonds. The number of amides is 1. The molecular weight excluding hydrogens is 574 g/mol. The number of carboxylic acid groups (broad SMARTS) is 1. The van der Waals surface area contributed by atoms with Gasteiger partial charge in [-0.3, -0.25) is 4.79 Å². The molecule has 12 nitrogen and oxygen atoms in total. The molecule has 1 saturated heterocycles. The number of aliphatic carboxylic acids is 1. The van der Waals surface area contributed by atoms with E-state index < -0.39 is 23.9 Å². The van der Waals surface area contributed by atoms with Crippen LogP contribution < -0.4 is 10.2 Å². The van der Waals surface area contributed by atoms with Crippen molar-refractivity contribution in [3.63, 3.8) is 0 Å². The molecule has 1 aromatic carbocycles. The van der Waals surface area contributed by atoms with Crippen molar-refractivity contribution in [2.45, 2.75) is 39.0 Å². The molecule has 4 aromatic rings. The van der Waals surface area contributed by atoms with Crippen molar-refractivity contribution in [3.05, 3.63) is 59.9 Å². The predicted molar refractivity (Wildman–Crippen MR) is 148 cm³/mol. The number of anilines is 1. The van der Waals surface area contributed by atoms with Gasteiger partial charge in [0, 0.05) is 43.9 Å². The van der Waals surface area contributed by atoms with Gasteiger partial charge in [0.05, 0.1) is 35.3 Å². The Labute approximate surface area is 243 Å². The molecule has 43 heavy (non-hydrogen) atoms. The Bertz CT molecular complexity index is 1600. The van der Waals surface area contributed by atoms with Crippen LogP contribution in [0.15, 0.2) is 42.9 Å². The number of aromatic nitrogens is 6. The van der Waals surface area contributed by atoms with Crippen LogP contribution in [0.5, 0.6) is 0 Å². The molecule has 0 spiro atoms. The van der Waals surface area contributed by atoms with Crippen molar-refractivity contribution >= 4 is 23.2 Å². The normalized spacial score (nSPS) is 14.4. The quantitative estimate of drug-likeness (QED) is 0.329. The van der Waals surface area contributed by atoms with E-state index in [4.69, 9.17) is 14.9 Å². The highest BCUT2D eigenvalue weighted by Gasteiger charge is 2.38. The number of hydrogen-bond acceptors (Lipinski definition) is 8. The minimum absolute atomic E-state index is 0.0319. The number of carbonyl (C=O) groups is 2. The molecule has 0 unspecified atom stereocenters. The second-order valence-electron chi connectivity index (χ2n) is 10.9. The van der Waals surface area contributed by atoms with Crippen molar-refractivity contribution < 1.29 is 32.3 Å². The van der Waals surface area contributed by atoms with Crippen LogP contribution in [0.25, 0.3) is 16.8 Å². The standard InChI is InChI=1S/C25H30FN9O.C2HF3O2/c1-25(2,3)35-15-20(30-31-35)24(36)27-14-18-6-5-17(13-19(18)26)23-21-7-8-28-34(21)16-22(29-23)33-11-9-32(4)10-12-33;3-2(4,5)1(6)7/h5-8,13,15-16H,9-12,14H2,1-4H3,(H,27,36);(H,6,7). The average Bonchev–Trinajstić information content (AvgIpc) is 3.62. The Morgan fingerprint density at radius 2 is 1.72 bits per heavy atom. The molecule has 4 heterocycles. The van der Waals surface area contributed by atoms with Gasteiger partial charge in [0.25, 0.3) is 5.91 Å². The number of rotatable bonds is 5. The number of alkyl halides is 3. The summed E-state index contributed by atoms with van der Waals surface area (Å²) >= 11 is 0. The fourth-order valence-electron chi connectivity index (χ4n) is 4.11. The van der Waals surface area contributed by atoms with Gasteiger partial charge in [-0.05, 0) is 40.0 Å². The van der Waals surface area contributed by atoms with Crippen molar-refractivity contribution in [1.82, 2.24) is 39.8 Å². The Balaban J connectivity index is 0.000000541. The van der Waals surface area contributed by atoms with Gasteiger partial charge in [-0.15, -0.1) is 5.10 Å². The summed E-state index contributed by atoms with van der Waals surface area (Å²) in [5.74, 6) is -2.77. The first kappa shape index (κ1) is 31.3. The van der Waals surface area contributed by atoms with Crippen LogP contribution >= 0.6 is 0 Å². The third-order valence-electron chi connectivity index (χ3n) is 6.63. The van der Waals surface area contributed by atoms with E-state index in [9.17, 15) is 18.0 Å². The summed E-state index contributed by atoms with van der Waals surface area (Å²) in [6.45, 7) is 9.57. The van der Waals surface area contributed by atoms with E-state index in [1.807, 2.05) is 39.1 Å². The van der Waals surface area contributed by atoms with Crippen molar-refractivity contribution in [3.8, 4) is 11.3 Å². The summed E-state index contributed by atoms with van der Waals surface area (Å²) in [5.41, 5.74) is 2.39. The maximum atomic E-state index is 15.1. The van der Waals surface area contributed by atoms with Crippen molar-refractivity contribution in [2.24, 2.45) is 0 Å². The lowest BCUT2D eigenvalue weighted by Crippen LogP contribution is -2.44. The number of piperazine rings is 1. The van der Waals surface area contributed by atoms with Crippen molar-refractivity contribution in [1.29, 1.82) is 0 Å². The van der Waals surface area contributed by atoms with Crippen molar-refractivity contribution in [2.75, 3.05) is 38.1 Å². The van der Waals surface area contributed by atoms with E-state index in [0.29, 0.717) is 16.8 Å². The molecule has 0 aliphatic carbocycles. The van der Waals surface area contributed by atoms with E-state index >= 15 is 4.39 Å². The Morgan fingerprint density at radius 3 is 2.30 bits per heavy atom. The van der Waals surface area contributed by atoms with E-state index in [-0.39, 0.29) is 17.8 Å². The molecule has 230 valence electrons. The zero-order valence-electron chi connectivity index (χ0n) is 23.9. The SMILES string of the molecule is CN1CCN(c2cn3nccc3c(-c3ccc(CNC(=O)c4cn(C(C)(C)C)nn4)c(F)c3)n2)CC1.O=C(O)C(F)(F)F. The molecule has 2 N–H and O–H groups in total. The average molecular weight is 606 g/mol. The summed E-state index contributed by atoms with van der Waals surface area (Å²) < 4.78 is 50.3. The number of hydrogen-bond donors (Lipinski definition) is 2. The first-order valence-corrected chi connectivity index (χ1v) is 13.2. The molecule has 0 radical (unpaired) electrons. The van der Waals surface area contributed by atoms with E-state index in [0.717, 1.165) is 37.5 Å². The fourth-order valence-corrected chi connectivity index (χ4v) is 4.11. The maximum absolute atomic E-state index is 15.1. The zero-order chi connectivity index (χ0) is 31.5. The monoisotopic (exact) mass is 605 g/mol. The molecule has 1 aliphatic rings. The van der Waals surface area contributed by atoms with Crippen LogP contribution in [-0.2, 0) is 16.9 Å². The lowest BCUT2D eigenvalue weighted by molar-refractivity contribution is -0.192. The number of nitrogens with one attached hydrogen (secondary N) is 1. The number of likely N-dealkylation sites (N-methyl/N-ethyl adjacent to an activating group) is 1. The molecular formula is C27H31F4N9O3. The summed E-state index contributed by atoms with van der Waals surface area (Å²) in [6, 6.07) is 6.82. The van der Waals surface area contributed by atoms with Gasteiger partial charge in [0.2, 0.25) is 0 Å². The highest BCUT2D eigenvalue weighted by Crippen LogP contribution is 2.28. The third-order valence-corrected chi connectivity index (χ3v) is 6.63. The number of nitrogens with zero attached hydrogens (tertiary/aromatic N) is 8.